The van der Waals surface area contributed by atoms with Crippen molar-refractivity contribution < 1.29 is 23.1 Å². The van der Waals surface area contributed by atoms with Gasteiger partial charge in [0.2, 0.25) is 10.0 Å². The van der Waals surface area contributed by atoms with E-state index < -0.39 is 21.2 Å². The third-order valence-corrected chi connectivity index (χ3v) is 4.50. The van der Waals surface area contributed by atoms with Gasteiger partial charge >= 0.3 is 5.97 Å². The van der Waals surface area contributed by atoms with E-state index in [0.717, 1.165) is 6.92 Å². The van der Waals surface area contributed by atoms with Crippen molar-refractivity contribution in [1.82, 2.24) is 0 Å². The maximum Gasteiger partial charge on any atom is 0.323 e. The van der Waals surface area contributed by atoms with E-state index in [4.69, 9.17) is 9.84 Å². The fraction of sp³-hybridized carbons (Fsp3) is 0.300. The van der Waals surface area contributed by atoms with Crippen LogP contribution in [0.4, 0.5) is 5.69 Å². The molecule has 18 heavy (non-hydrogen) atoms. The Balaban J connectivity index is 2.98. The first-order valence-electron chi connectivity index (χ1n) is 4.86. The average molecular weight is 338 g/mol. The first-order valence-corrected chi connectivity index (χ1v) is 7.20. The lowest BCUT2D eigenvalue weighted by Gasteiger charge is -2.12. The summed E-state index contributed by atoms with van der Waals surface area (Å²) < 4.78 is 31.1. The number of methoxy groups -OCH3 is 1. The number of carboxylic acid groups (broad SMARTS) is 1. The van der Waals surface area contributed by atoms with Crippen LogP contribution in [0.3, 0.4) is 0 Å². The molecule has 6 nitrogen and oxygen atoms in total. The molecule has 0 fully saturated rings. The first-order chi connectivity index (χ1) is 8.27. The van der Waals surface area contributed by atoms with Crippen molar-refractivity contribution in [2.75, 3.05) is 11.8 Å². The maximum absolute atomic E-state index is 11.7. The molecule has 0 spiro atoms. The van der Waals surface area contributed by atoms with Crippen molar-refractivity contribution in [2.45, 2.75) is 12.2 Å². The highest BCUT2D eigenvalue weighted by Gasteiger charge is 2.27. The van der Waals surface area contributed by atoms with Crippen LogP contribution >= 0.6 is 15.9 Å². The van der Waals surface area contributed by atoms with E-state index in [1.165, 1.54) is 19.2 Å². The number of ether oxygens (including phenoxy) is 1. The molecule has 0 amide bonds. The molecule has 8 heteroatoms. The van der Waals surface area contributed by atoms with Crippen LogP contribution in [-0.4, -0.2) is 31.9 Å². The molecule has 0 radical (unpaired) electrons. The SMILES string of the molecule is COc1ccc(NS(=O)(=O)C(C)C(=O)O)cc1Br. The van der Waals surface area contributed by atoms with Crippen LogP contribution in [0.1, 0.15) is 6.92 Å². The molecule has 100 valence electrons. The topological polar surface area (TPSA) is 92.7 Å². The lowest BCUT2D eigenvalue weighted by molar-refractivity contribution is -0.136. The first kappa shape index (κ1) is 14.8. The standard InChI is InChI=1S/C10H12BrNO5S/c1-6(10(13)14)18(15,16)12-7-3-4-9(17-2)8(11)5-7/h3-6,12H,1-2H3,(H,13,14). The van der Waals surface area contributed by atoms with E-state index in [0.29, 0.717) is 10.2 Å². The van der Waals surface area contributed by atoms with Crippen LogP contribution in [0, 0.1) is 0 Å². The van der Waals surface area contributed by atoms with Gasteiger partial charge in [-0.05, 0) is 41.1 Å². The Kier molecular flexibility index (Phi) is 4.58. The van der Waals surface area contributed by atoms with Crippen molar-refractivity contribution in [1.29, 1.82) is 0 Å². The van der Waals surface area contributed by atoms with E-state index in [2.05, 4.69) is 20.7 Å². The number of nitrogens with one attached hydrogen (secondary N) is 1. The molecule has 0 bridgehead atoms. The van der Waals surface area contributed by atoms with Crippen LogP contribution in [0.15, 0.2) is 22.7 Å². The molecule has 0 aromatic heterocycles. The Morgan fingerprint density at radius 1 is 1.50 bits per heavy atom. The van der Waals surface area contributed by atoms with E-state index in [1.54, 1.807) is 6.07 Å². The van der Waals surface area contributed by atoms with Crippen molar-refractivity contribution in [3.05, 3.63) is 22.7 Å². The molecule has 0 saturated carbocycles. The minimum Gasteiger partial charge on any atom is -0.496 e. The zero-order valence-electron chi connectivity index (χ0n) is 9.68. The minimum atomic E-state index is -3.96. The number of carbonyl (C=O) groups is 1. The molecule has 1 aromatic carbocycles. The number of rotatable bonds is 5. The van der Waals surface area contributed by atoms with Crippen LogP contribution in [-0.2, 0) is 14.8 Å². The summed E-state index contributed by atoms with van der Waals surface area (Å²) in [4.78, 5) is 10.7. The number of hydrogen-bond acceptors (Lipinski definition) is 4. The third kappa shape index (κ3) is 3.36. The molecule has 0 aliphatic heterocycles. The van der Waals surface area contributed by atoms with Gasteiger partial charge in [0.15, 0.2) is 5.25 Å². The van der Waals surface area contributed by atoms with Gasteiger partial charge in [-0.2, -0.15) is 0 Å². The molecular weight excluding hydrogens is 326 g/mol. The fourth-order valence-corrected chi connectivity index (χ4v) is 2.55. The summed E-state index contributed by atoms with van der Waals surface area (Å²) >= 11 is 3.20. The molecule has 1 rings (SSSR count). The Morgan fingerprint density at radius 2 is 2.11 bits per heavy atom. The van der Waals surface area contributed by atoms with Crippen LogP contribution in [0.25, 0.3) is 0 Å². The summed E-state index contributed by atoms with van der Waals surface area (Å²) in [5, 5.41) is 7.15. The van der Waals surface area contributed by atoms with Crippen molar-refractivity contribution in [3.63, 3.8) is 0 Å². The number of carboxylic acids is 1. The van der Waals surface area contributed by atoms with Gasteiger partial charge < -0.3 is 9.84 Å². The summed E-state index contributed by atoms with van der Waals surface area (Å²) in [5.74, 6) is -0.862. The number of anilines is 1. The Bertz CT molecular complexity index is 557. The summed E-state index contributed by atoms with van der Waals surface area (Å²) in [5.41, 5.74) is 0.260. The zero-order chi connectivity index (χ0) is 13.9. The van der Waals surface area contributed by atoms with Crippen LogP contribution in [0.5, 0.6) is 5.75 Å². The maximum atomic E-state index is 11.7. The van der Waals surface area contributed by atoms with Crippen molar-refractivity contribution in [3.8, 4) is 5.75 Å². The normalized spacial score (nSPS) is 12.8. The number of halogens is 1. The van der Waals surface area contributed by atoms with Gasteiger partial charge in [-0.25, -0.2) is 8.42 Å². The molecule has 0 aliphatic carbocycles. The quantitative estimate of drug-likeness (QED) is 0.852. The smallest absolute Gasteiger partial charge is 0.323 e. The zero-order valence-corrected chi connectivity index (χ0v) is 12.1. The number of hydrogen-bond donors (Lipinski definition) is 2. The highest BCUT2D eigenvalue weighted by Crippen LogP contribution is 2.28. The predicted molar refractivity (Wildman–Crippen MR) is 70.3 cm³/mol. The van der Waals surface area contributed by atoms with Crippen molar-refractivity contribution in [2.24, 2.45) is 0 Å². The highest BCUT2D eigenvalue weighted by atomic mass is 79.9. The number of benzene rings is 1. The van der Waals surface area contributed by atoms with E-state index >= 15 is 0 Å². The second-order valence-corrected chi connectivity index (χ2v) is 6.33. The second-order valence-electron chi connectivity index (χ2n) is 3.48. The van der Waals surface area contributed by atoms with Gasteiger partial charge in [0.05, 0.1) is 11.6 Å². The molecule has 1 aromatic rings. The van der Waals surface area contributed by atoms with Crippen molar-refractivity contribution >= 4 is 37.6 Å². The largest absolute Gasteiger partial charge is 0.496 e. The summed E-state index contributed by atoms with van der Waals surface area (Å²) in [6, 6.07) is 4.54. The van der Waals surface area contributed by atoms with Gasteiger partial charge in [0.1, 0.15) is 5.75 Å². The monoisotopic (exact) mass is 337 g/mol. The summed E-state index contributed by atoms with van der Waals surface area (Å²) in [6.45, 7) is 1.10. The Labute approximate surface area is 113 Å². The van der Waals surface area contributed by atoms with Gasteiger partial charge in [-0.1, -0.05) is 0 Å². The van der Waals surface area contributed by atoms with Gasteiger partial charge in [-0.3, -0.25) is 9.52 Å². The van der Waals surface area contributed by atoms with E-state index in [-0.39, 0.29) is 5.69 Å². The predicted octanol–water partition coefficient (Wildman–Crippen LogP) is 1.67. The average Bonchev–Trinajstić information content (AvgIpc) is 2.27. The van der Waals surface area contributed by atoms with Gasteiger partial charge in [-0.15, -0.1) is 0 Å². The number of aliphatic carboxylic acids is 1. The van der Waals surface area contributed by atoms with Crippen LogP contribution < -0.4 is 9.46 Å². The Hall–Kier alpha value is -1.28. The van der Waals surface area contributed by atoms with Gasteiger partial charge in [0.25, 0.3) is 0 Å². The Morgan fingerprint density at radius 3 is 2.56 bits per heavy atom. The number of sulfonamides is 1. The molecule has 1 unspecified atom stereocenters. The fourth-order valence-electron chi connectivity index (χ4n) is 1.12. The second kappa shape index (κ2) is 5.57. The van der Waals surface area contributed by atoms with Gasteiger partial charge in [0, 0.05) is 5.69 Å². The van der Waals surface area contributed by atoms with Crippen LogP contribution in [0.2, 0.25) is 0 Å². The lowest BCUT2D eigenvalue weighted by Crippen LogP contribution is -2.32. The molecule has 0 saturated heterocycles. The lowest BCUT2D eigenvalue weighted by atomic mass is 10.3. The molecule has 0 heterocycles. The van der Waals surface area contributed by atoms with E-state index in [1.807, 2.05) is 0 Å². The molecule has 2 N–H and O–H groups in total. The minimum absolute atomic E-state index is 0.260. The highest BCUT2D eigenvalue weighted by molar-refractivity contribution is 9.10. The summed E-state index contributed by atoms with van der Waals surface area (Å²) in [6.07, 6.45) is 0. The molecular formula is C10H12BrNO5S. The summed E-state index contributed by atoms with van der Waals surface area (Å²) in [7, 11) is -2.48. The third-order valence-electron chi connectivity index (χ3n) is 2.23. The molecule has 0 aliphatic rings. The van der Waals surface area contributed by atoms with E-state index in [9.17, 15) is 13.2 Å². The molecule has 1 atom stereocenters.